The topological polar surface area (TPSA) is 64.1 Å². The summed E-state index contributed by atoms with van der Waals surface area (Å²) in [6, 6.07) is 6.49. The quantitative estimate of drug-likeness (QED) is 0.722. The van der Waals surface area contributed by atoms with E-state index in [1.165, 1.54) is 43.4 Å². The number of rotatable bonds is 4. The summed E-state index contributed by atoms with van der Waals surface area (Å²) in [5, 5.41) is 15.3. The van der Waals surface area contributed by atoms with Gasteiger partial charge in [-0.2, -0.15) is 5.10 Å². The number of hydrogen-bond acceptors (Lipinski definition) is 3. The molecule has 3 aliphatic rings. The minimum atomic E-state index is -0.239. The first-order valence-electron chi connectivity index (χ1n) is 12.4. The zero-order valence-corrected chi connectivity index (χ0v) is 19.7. The molecule has 0 spiro atoms. The second-order valence-electron chi connectivity index (χ2n) is 11.4. The van der Waals surface area contributed by atoms with Crippen LogP contribution in [-0.2, 0) is 12.8 Å². The fourth-order valence-corrected chi connectivity index (χ4v) is 7.92. The fourth-order valence-electron chi connectivity index (χ4n) is 7.92. The third-order valence-electron chi connectivity index (χ3n) is 10.2. The third kappa shape index (κ3) is 3.27. The summed E-state index contributed by atoms with van der Waals surface area (Å²) < 4.78 is 15.3. The van der Waals surface area contributed by atoms with E-state index in [2.05, 4.69) is 27.0 Å². The lowest BCUT2D eigenvalue weighted by atomic mass is 9.49. The molecule has 2 fully saturated rings. The molecule has 0 bridgehead atoms. The largest absolute Gasteiger partial charge is 0.396 e. The average Bonchev–Trinajstić information content (AvgIpc) is 3.32. The van der Waals surface area contributed by atoms with Crippen LogP contribution in [0.4, 0.5) is 4.39 Å². The minimum Gasteiger partial charge on any atom is -0.396 e. The average molecular weight is 440 g/mol. The van der Waals surface area contributed by atoms with Crippen molar-refractivity contribution in [2.24, 2.45) is 46.2 Å². The standard InChI is InChI=1S/C27H38FN3O/c1-17-4-9-23-22(14-29)24(10-11-26(17,23)2)27(3)13-18-15-31(21-7-5-20(28)6-8-21)30-25(18)12-19(27)16-32/h5-8,15,17,19,22-24,32H,4,9-14,16,29H2,1-3H3/t17-,19+,22-,23-,24-,26-,27+/m0/s1. The Morgan fingerprint density at radius 2 is 1.84 bits per heavy atom. The molecule has 2 aromatic rings. The monoisotopic (exact) mass is 439 g/mol. The van der Waals surface area contributed by atoms with E-state index in [4.69, 9.17) is 10.8 Å². The molecular formula is C27H38FN3O. The van der Waals surface area contributed by atoms with Gasteiger partial charge < -0.3 is 10.8 Å². The highest BCUT2D eigenvalue weighted by atomic mass is 19.1. The van der Waals surface area contributed by atoms with Crippen LogP contribution in [0.25, 0.3) is 5.69 Å². The summed E-state index contributed by atoms with van der Waals surface area (Å²) >= 11 is 0. The molecule has 174 valence electrons. The van der Waals surface area contributed by atoms with Crippen molar-refractivity contribution >= 4 is 0 Å². The van der Waals surface area contributed by atoms with Gasteiger partial charge in [-0.05, 0) is 115 Å². The van der Waals surface area contributed by atoms with Crippen molar-refractivity contribution in [3.8, 4) is 5.69 Å². The molecule has 7 atom stereocenters. The van der Waals surface area contributed by atoms with Crippen LogP contribution in [0.5, 0.6) is 0 Å². The molecule has 1 heterocycles. The van der Waals surface area contributed by atoms with Gasteiger partial charge in [-0.15, -0.1) is 0 Å². The van der Waals surface area contributed by atoms with E-state index in [0.717, 1.165) is 36.7 Å². The van der Waals surface area contributed by atoms with Gasteiger partial charge in [0.05, 0.1) is 11.4 Å². The van der Waals surface area contributed by atoms with Crippen molar-refractivity contribution in [1.82, 2.24) is 9.78 Å². The molecule has 0 radical (unpaired) electrons. The van der Waals surface area contributed by atoms with Gasteiger partial charge in [0.2, 0.25) is 0 Å². The van der Waals surface area contributed by atoms with Gasteiger partial charge in [-0.25, -0.2) is 9.07 Å². The molecule has 0 saturated heterocycles. The first-order chi connectivity index (χ1) is 15.3. The molecule has 0 aliphatic heterocycles. The number of fused-ring (bicyclic) bond motifs is 2. The van der Waals surface area contributed by atoms with Crippen molar-refractivity contribution in [3.05, 3.63) is 47.5 Å². The third-order valence-corrected chi connectivity index (χ3v) is 10.2. The number of aliphatic hydroxyl groups is 1. The first kappa shape index (κ1) is 22.1. The molecule has 3 aliphatic carbocycles. The van der Waals surface area contributed by atoms with E-state index >= 15 is 0 Å². The smallest absolute Gasteiger partial charge is 0.123 e. The molecule has 1 aromatic heterocycles. The van der Waals surface area contributed by atoms with E-state index in [-0.39, 0.29) is 23.8 Å². The summed E-state index contributed by atoms with van der Waals surface area (Å²) in [4.78, 5) is 0. The highest BCUT2D eigenvalue weighted by Crippen LogP contribution is 2.63. The zero-order chi connectivity index (χ0) is 22.7. The van der Waals surface area contributed by atoms with Gasteiger partial charge in [0.25, 0.3) is 0 Å². The Morgan fingerprint density at radius 3 is 2.53 bits per heavy atom. The number of aromatic nitrogens is 2. The number of benzene rings is 1. The predicted octanol–water partition coefficient (Wildman–Crippen LogP) is 4.76. The number of hydrogen-bond donors (Lipinski definition) is 2. The summed E-state index contributed by atoms with van der Waals surface area (Å²) in [7, 11) is 0. The van der Waals surface area contributed by atoms with E-state index in [1.54, 1.807) is 12.1 Å². The first-order valence-corrected chi connectivity index (χ1v) is 12.4. The summed E-state index contributed by atoms with van der Waals surface area (Å²) in [5.41, 5.74) is 10.1. The van der Waals surface area contributed by atoms with Crippen LogP contribution in [0.15, 0.2) is 30.5 Å². The van der Waals surface area contributed by atoms with Crippen LogP contribution in [0.1, 0.15) is 57.7 Å². The van der Waals surface area contributed by atoms with Crippen LogP contribution in [-0.4, -0.2) is 28.0 Å². The Kier molecular flexibility index (Phi) is 5.49. The van der Waals surface area contributed by atoms with Gasteiger partial charge in [0.1, 0.15) is 5.82 Å². The maximum absolute atomic E-state index is 13.4. The van der Waals surface area contributed by atoms with E-state index in [9.17, 15) is 9.50 Å². The van der Waals surface area contributed by atoms with Gasteiger partial charge in [-0.1, -0.05) is 20.8 Å². The highest BCUT2D eigenvalue weighted by molar-refractivity contribution is 5.35. The van der Waals surface area contributed by atoms with Crippen molar-refractivity contribution < 1.29 is 9.50 Å². The zero-order valence-electron chi connectivity index (χ0n) is 19.7. The van der Waals surface area contributed by atoms with Crippen LogP contribution in [0.2, 0.25) is 0 Å². The Balaban J connectivity index is 1.47. The summed E-state index contributed by atoms with van der Waals surface area (Å²) in [6.07, 6.45) is 8.93. The summed E-state index contributed by atoms with van der Waals surface area (Å²) in [6.45, 7) is 8.27. The molecule has 32 heavy (non-hydrogen) atoms. The van der Waals surface area contributed by atoms with Crippen molar-refractivity contribution in [2.75, 3.05) is 13.2 Å². The molecule has 2 saturated carbocycles. The number of nitrogens with two attached hydrogens (primary N) is 1. The van der Waals surface area contributed by atoms with E-state index in [0.29, 0.717) is 23.2 Å². The van der Waals surface area contributed by atoms with Crippen molar-refractivity contribution in [3.63, 3.8) is 0 Å². The van der Waals surface area contributed by atoms with Gasteiger partial charge in [0.15, 0.2) is 0 Å². The molecule has 0 unspecified atom stereocenters. The molecule has 3 N–H and O–H groups in total. The van der Waals surface area contributed by atoms with Crippen molar-refractivity contribution in [1.29, 1.82) is 0 Å². The van der Waals surface area contributed by atoms with Gasteiger partial charge in [-0.3, -0.25) is 0 Å². The molecule has 1 aromatic carbocycles. The number of halogens is 1. The SMILES string of the molecule is C[C@H]1CC[C@H]2[C@H](CN)[C@@H]([C@]3(C)Cc4cn(-c5ccc(F)cc5)nc4C[C@@H]3CO)CC[C@@]12C. The maximum Gasteiger partial charge on any atom is 0.123 e. The Morgan fingerprint density at radius 1 is 1.12 bits per heavy atom. The van der Waals surface area contributed by atoms with E-state index < -0.39 is 0 Å². The highest BCUT2D eigenvalue weighted by Gasteiger charge is 2.57. The normalized spacial score (nSPS) is 39.0. The lowest BCUT2D eigenvalue weighted by molar-refractivity contribution is -0.0689. The predicted molar refractivity (Wildman–Crippen MR) is 125 cm³/mol. The molecule has 0 amide bonds. The van der Waals surface area contributed by atoms with Gasteiger partial charge >= 0.3 is 0 Å². The van der Waals surface area contributed by atoms with Crippen LogP contribution < -0.4 is 5.73 Å². The summed E-state index contributed by atoms with van der Waals surface area (Å²) in [5.74, 6) is 2.46. The Hall–Kier alpha value is -1.72. The Bertz CT molecular complexity index is 972. The lowest BCUT2D eigenvalue weighted by Gasteiger charge is -2.56. The van der Waals surface area contributed by atoms with Crippen molar-refractivity contribution in [2.45, 2.75) is 59.3 Å². The lowest BCUT2D eigenvalue weighted by Crippen LogP contribution is -2.53. The van der Waals surface area contributed by atoms with Crippen LogP contribution in [0.3, 0.4) is 0 Å². The molecule has 4 nitrogen and oxygen atoms in total. The van der Waals surface area contributed by atoms with Crippen LogP contribution in [0, 0.1) is 46.2 Å². The minimum absolute atomic E-state index is 0.00953. The second-order valence-corrected chi connectivity index (χ2v) is 11.4. The molecule has 5 heteroatoms. The Labute approximate surface area is 191 Å². The van der Waals surface area contributed by atoms with E-state index in [1.807, 2.05) is 4.68 Å². The van der Waals surface area contributed by atoms with Crippen LogP contribution >= 0.6 is 0 Å². The fraction of sp³-hybridized carbons (Fsp3) is 0.667. The number of nitrogens with zero attached hydrogens (tertiary/aromatic N) is 2. The molecule has 5 rings (SSSR count). The molecular weight excluding hydrogens is 401 g/mol. The second kappa shape index (κ2) is 7.95. The maximum atomic E-state index is 13.4. The van der Waals surface area contributed by atoms with Gasteiger partial charge in [0, 0.05) is 12.8 Å². The number of aliphatic hydroxyl groups excluding tert-OH is 1.